The summed E-state index contributed by atoms with van der Waals surface area (Å²) in [6.07, 6.45) is 11.0. The molecule has 1 aromatic heterocycles. The zero-order valence-electron chi connectivity index (χ0n) is 16.7. The molecule has 0 saturated carbocycles. The van der Waals surface area contributed by atoms with E-state index in [1.54, 1.807) is 22.3 Å². The molecule has 1 aliphatic heterocycles. The van der Waals surface area contributed by atoms with Gasteiger partial charge in [-0.15, -0.1) is 0 Å². The Labute approximate surface area is 168 Å². The molecule has 0 amide bonds. The molecule has 1 aliphatic carbocycles. The highest BCUT2D eigenvalue weighted by molar-refractivity contribution is 5.83. The van der Waals surface area contributed by atoms with Crippen molar-refractivity contribution in [3.63, 3.8) is 0 Å². The first-order valence-corrected chi connectivity index (χ1v) is 10.9. The highest BCUT2D eigenvalue weighted by Gasteiger charge is 2.23. The van der Waals surface area contributed by atoms with Crippen molar-refractivity contribution in [3.8, 4) is 0 Å². The lowest BCUT2D eigenvalue weighted by atomic mass is 9.91. The summed E-state index contributed by atoms with van der Waals surface area (Å²) < 4.78 is 0. The zero-order chi connectivity index (χ0) is 18.8. The Morgan fingerprint density at radius 2 is 1.79 bits per heavy atom. The number of benzene rings is 2. The summed E-state index contributed by atoms with van der Waals surface area (Å²) in [5, 5.41) is 1.40. The summed E-state index contributed by atoms with van der Waals surface area (Å²) in [6.45, 7) is 3.65. The molecule has 0 atom stereocenters. The van der Waals surface area contributed by atoms with Gasteiger partial charge in [0.15, 0.2) is 0 Å². The van der Waals surface area contributed by atoms with Crippen molar-refractivity contribution in [2.75, 3.05) is 19.6 Å². The average Bonchev–Trinajstić information content (AvgIpc) is 3.05. The zero-order valence-corrected chi connectivity index (χ0v) is 16.7. The first-order valence-electron chi connectivity index (χ1n) is 10.9. The number of aromatic nitrogens is 1. The first-order chi connectivity index (χ1) is 13.9. The van der Waals surface area contributed by atoms with Crippen LogP contribution in [0.5, 0.6) is 0 Å². The monoisotopic (exact) mass is 370 g/mol. The van der Waals surface area contributed by atoms with Crippen molar-refractivity contribution in [1.82, 2.24) is 9.88 Å². The highest BCUT2D eigenvalue weighted by Crippen LogP contribution is 2.35. The number of unbranched alkanes of at least 4 members (excludes halogenated alkanes) is 1. The van der Waals surface area contributed by atoms with Gasteiger partial charge in [0, 0.05) is 30.2 Å². The standard InChI is InChI=1S/C26H30N2/c1-2-12-23-20(8-1)10-7-11-22-19-28(17-15-24(22)23)16-6-5-9-21-18-27-26-14-4-3-13-25(21)26/h1-4,8,12-14,18,27H,5-7,9-11,15-17,19H2. The van der Waals surface area contributed by atoms with E-state index < -0.39 is 0 Å². The molecule has 0 radical (unpaired) electrons. The number of nitrogens with one attached hydrogen (secondary N) is 1. The molecule has 5 rings (SSSR count). The largest absolute Gasteiger partial charge is 0.361 e. The number of aryl methyl sites for hydroxylation is 2. The third-order valence-corrected chi connectivity index (χ3v) is 6.63. The van der Waals surface area contributed by atoms with Gasteiger partial charge >= 0.3 is 0 Å². The number of para-hydroxylation sites is 1. The smallest absolute Gasteiger partial charge is 0.0456 e. The highest BCUT2D eigenvalue weighted by atomic mass is 15.1. The summed E-state index contributed by atoms with van der Waals surface area (Å²) in [6, 6.07) is 17.8. The van der Waals surface area contributed by atoms with Crippen LogP contribution < -0.4 is 0 Å². The Morgan fingerprint density at radius 3 is 2.79 bits per heavy atom. The number of nitrogens with zero attached hydrogens (tertiary/aromatic N) is 1. The summed E-state index contributed by atoms with van der Waals surface area (Å²) >= 11 is 0. The summed E-state index contributed by atoms with van der Waals surface area (Å²) in [4.78, 5) is 6.10. The van der Waals surface area contributed by atoms with Crippen LogP contribution in [0.4, 0.5) is 0 Å². The fraction of sp³-hybridized carbons (Fsp3) is 0.385. The Kier molecular flexibility index (Phi) is 5.05. The SMILES string of the molecule is c1ccc2c(c1)CCCC1=C2CCN(CCCCc2c[nH]c3ccccc23)C1. The molecule has 2 heteroatoms. The second-order valence-electron chi connectivity index (χ2n) is 8.44. The molecule has 2 aliphatic rings. The molecular formula is C26H30N2. The average molecular weight is 371 g/mol. The van der Waals surface area contributed by atoms with Crippen LogP contribution in [-0.2, 0) is 12.8 Å². The van der Waals surface area contributed by atoms with Crippen LogP contribution in [-0.4, -0.2) is 29.5 Å². The minimum Gasteiger partial charge on any atom is -0.361 e. The molecule has 1 N–H and O–H groups in total. The lowest BCUT2D eigenvalue weighted by Gasteiger charge is -2.31. The van der Waals surface area contributed by atoms with E-state index in [4.69, 9.17) is 0 Å². The fourth-order valence-electron chi connectivity index (χ4n) is 5.15. The van der Waals surface area contributed by atoms with E-state index in [0.29, 0.717) is 0 Å². The molecule has 0 unspecified atom stereocenters. The van der Waals surface area contributed by atoms with Crippen molar-refractivity contribution in [3.05, 3.63) is 77.0 Å². The molecule has 0 spiro atoms. The van der Waals surface area contributed by atoms with Crippen molar-refractivity contribution in [1.29, 1.82) is 0 Å². The van der Waals surface area contributed by atoms with E-state index in [1.807, 2.05) is 0 Å². The lowest BCUT2D eigenvalue weighted by molar-refractivity contribution is 0.284. The molecule has 0 fully saturated rings. The minimum absolute atomic E-state index is 1.18. The molecule has 0 saturated heterocycles. The number of hydrogen-bond acceptors (Lipinski definition) is 1. The first kappa shape index (κ1) is 17.8. The second-order valence-corrected chi connectivity index (χ2v) is 8.44. The van der Waals surface area contributed by atoms with Gasteiger partial charge in [-0.2, -0.15) is 0 Å². The van der Waals surface area contributed by atoms with Gasteiger partial charge < -0.3 is 4.98 Å². The van der Waals surface area contributed by atoms with E-state index >= 15 is 0 Å². The van der Waals surface area contributed by atoms with E-state index in [-0.39, 0.29) is 0 Å². The minimum atomic E-state index is 1.18. The van der Waals surface area contributed by atoms with Crippen molar-refractivity contribution < 1.29 is 0 Å². The summed E-state index contributed by atoms with van der Waals surface area (Å²) in [5.74, 6) is 0. The van der Waals surface area contributed by atoms with Crippen molar-refractivity contribution in [2.45, 2.75) is 44.9 Å². The van der Waals surface area contributed by atoms with E-state index in [1.165, 1.54) is 81.0 Å². The van der Waals surface area contributed by atoms with Crippen LogP contribution in [0.1, 0.15) is 48.8 Å². The molecular weight excluding hydrogens is 340 g/mol. The van der Waals surface area contributed by atoms with Gasteiger partial charge in [-0.05, 0) is 79.8 Å². The molecule has 2 heterocycles. The van der Waals surface area contributed by atoms with Gasteiger partial charge in [-0.1, -0.05) is 48.0 Å². The second kappa shape index (κ2) is 7.97. The number of rotatable bonds is 5. The van der Waals surface area contributed by atoms with Crippen LogP contribution >= 0.6 is 0 Å². The molecule has 3 aromatic rings. The van der Waals surface area contributed by atoms with Crippen molar-refractivity contribution in [2.24, 2.45) is 0 Å². The Morgan fingerprint density at radius 1 is 0.893 bits per heavy atom. The van der Waals surface area contributed by atoms with Gasteiger partial charge in [0.1, 0.15) is 0 Å². The van der Waals surface area contributed by atoms with Gasteiger partial charge in [0.25, 0.3) is 0 Å². The fourth-order valence-corrected chi connectivity index (χ4v) is 5.15. The third-order valence-electron chi connectivity index (χ3n) is 6.63. The summed E-state index contributed by atoms with van der Waals surface area (Å²) in [5.41, 5.74) is 9.24. The van der Waals surface area contributed by atoms with Crippen molar-refractivity contribution >= 4 is 16.5 Å². The number of hydrogen-bond donors (Lipinski definition) is 1. The van der Waals surface area contributed by atoms with E-state index in [2.05, 4.69) is 64.6 Å². The van der Waals surface area contributed by atoms with Crippen LogP contribution in [0.15, 0.2) is 60.3 Å². The normalized spacial score (nSPS) is 17.4. The lowest BCUT2D eigenvalue weighted by Crippen LogP contribution is -2.32. The maximum absolute atomic E-state index is 3.41. The number of aromatic amines is 1. The Hall–Kier alpha value is -2.32. The molecule has 2 aromatic carbocycles. The van der Waals surface area contributed by atoms with Gasteiger partial charge in [0.05, 0.1) is 0 Å². The Bertz CT molecular complexity index is 994. The van der Waals surface area contributed by atoms with Crippen LogP contribution in [0.2, 0.25) is 0 Å². The molecule has 2 nitrogen and oxygen atoms in total. The Balaban J connectivity index is 1.18. The maximum Gasteiger partial charge on any atom is 0.0456 e. The molecule has 28 heavy (non-hydrogen) atoms. The van der Waals surface area contributed by atoms with Gasteiger partial charge in [-0.3, -0.25) is 4.90 Å². The quantitative estimate of drug-likeness (QED) is 0.547. The topological polar surface area (TPSA) is 19.0 Å². The van der Waals surface area contributed by atoms with Gasteiger partial charge in [-0.25, -0.2) is 0 Å². The third kappa shape index (κ3) is 3.54. The van der Waals surface area contributed by atoms with Crippen LogP contribution in [0, 0.1) is 0 Å². The number of H-pyrrole nitrogens is 1. The predicted octanol–water partition coefficient (Wildman–Crippen LogP) is 5.99. The number of fused-ring (bicyclic) bond motifs is 3. The molecule has 0 bridgehead atoms. The summed E-state index contributed by atoms with van der Waals surface area (Å²) in [7, 11) is 0. The van der Waals surface area contributed by atoms with Crippen LogP contribution in [0.3, 0.4) is 0 Å². The van der Waals surface area contributed by atoms with Crippen LogP contribution in [0.25, 0.3) is 16.5 Å². The van der Waals surface area contributed by atoms with Gasteiger partial charge in [0.2, 0.25) is 0 Å². The maximum atomic E-state index is 3.41. The van der Waals surface area contributed by atoms with E-state index in [9.17, 15) is 0 Å². The van der Waals surface area contributed by atoms with E-state index in [0.717, 1.165) is 0 Å². The molecule has 144 valence electrons. The predicted molar refractivity (Wildman–Crippen MR) is 119 cm³/mol.